The van der Waals surface area contributed by atoms with Gasteiger partial charge in [0, 0.05) is 0 Å². The third-order valence-corrected chi connectivity index (χ3v) is 1.82. The van der Waals surface area contributed by atoms with Crippen LogP contribution in [0, 0.1) is 6.07 Å². The molecule has 0 amide bonds. The molecule has 0 aliphatic heterocycles. The molecule has 87 valence electrons. The molecule has 0 aliphatic carbocycles. The van der Waals surface area contributed by atoms with Crippen molar-refractivity contribution in [1.82, 2.24) is 0 Å². The SMILES string of the molecule is CCc1c[c]cc(OC(=O)OC(C)(C)C)c1. The molecule has 0 aliphatic rings. The van der Waals surface area contributed by atoms with Gasteiger partial charge in [-0.1, -0.05) is 13.0 Å². The van der Waals surface area contributed by atoms with Gasteiger partial charge >= 0.3 is 6.16 Å². The molecule has 0 unspecified atom stereocenters. The quantitative estimate of drug-likeness (QED) is 0.567. The maximum Gasteiger partial charge on any atom is 0.514 e. The van der Waals surface area contributed by atoms with Crippen LogP contribution in [0.3, 0.4) is 0 Å². The van der Waals surface area contributed by atoms with Crippen molar-refractivity contribution in [1.29, 1.82) is 0 Å². The van der Waals surface area contributed by atoms with Crippen molar-refractivity contribution in [3.8, 4) is 5.75 Å². The molecule has 16 heavy (non-hydrogen) atoms. The zero-order valence-electron chi connectivity index (χ0n) is 10.2. The topological polar surface area (TPSA) is 35.5 Å². The van der Waals surface area contributed by atoms with E-state index < -0.39 is 11.8 Å². The van der Waals surface area contributed by atoms with Crippen LogP contribution in [0.5, 0.6) is 5.75 Å². The summed E-state index contributed by atoms with van der Waals surface area (Å²) in [4.78, 5) is 11.4. The number of hydrogen-bond donors (Lipinski definition) is 0. The summed E-state index contributed by atoms with van der Waals surface area (Å²) in [5, 5.41) is 0. The average Bonchev–Trinajstić information content (AvgIpc) is 2.15. The number of benzene rings is 1. The van der Waals surface area contributed by atoms with Gasteiger partial charge in [0.05, 0.1) is 0 Å². The second-order valence-electron chi connectivity index (χ2n) is 4.50. The minimum absolute atomic E-state index is 0.466. The third kappa shape index (κ3) is 4.34. The summed E-state index contributed by atoms with van der Waals surface area (Å²) < 4.78 is 10.1. The van der Waals surface area contributed by atoms with Crippen LogP contribution in [0.2, 0.25) is 0 Å². The van der Waals surface area contributed by atoms with Crippen molar-refractivity contribution < 1.29 is 14.3 Å². The lowest BCUT2D eigenvalue weighted by Crippen LogP contribution is -2.25. The van der Waals surface area contributed by atoms with Crippen LogP contribution >= 0.6 is 0 Å². The molecule has 0 fully saturated rings. The van der Waals surface area contributed by atoms with Gasteiger partial charge in [0.25, 0.3) is 0 Å². The van der Waals surface area contributed by atoms with E-state index in [1.165, 1.54) is 0 Å². The number of rotatable bonds is 2. The van der Waals surface area contributed by atoms with Gasteiger partial charge in [-0.2, -0.15) is 0 Å². The molecule has 0 saturated carbocycles. The van der Waals surface area contributed by atoms with Gasteiger partial charge in [-0.15, -0.1) is 0 Å². The molecule has 1 aromatic carbocycles. The van der Waals surface area contributed by atoms with Gasteiger partial charge in [-0.05, 0) is 51.0 Å². The lowest BCUT2D eigenvalue weighted by Gasteiger charge is -2.18. The minimum atomic E-state index is -0.686. The minimum Gasteiger partial charge on any atom is -0.428 e. The Morgan fingerprint density at radius 2 is 2.06 bits per heavy atom. The second kappa shape index (κ2) is 5.01. The van der Waals surface area contributed by atoms with E-state index in [9.17, 15) is 4.79 Å². The fourth-order valence-corrected chi connectivity index (χ4v) is 1.13. The van der Waals surface area contributed by atoms with Crippen LogP contribution in [0.15, 0.2) is 18.2 Å². The first-order valence-corrected chi connectivity index (χ1v) is 5.31. The van der Waals surface area contributed by atoms with Crippen LogP contribution < -0.4 is 4.74 Å². The van der Waals surface area contributed by atoms with Crippen molar-refractivity contribution in [3.63, 3.8) is 0 Å². The number of carbonyl (C=O) groups excluding carboxylic acids is 1. The van der Waals surface area contributed by atoms with Crippen molar-refractivity contribution in [2.45, 2.75) is 39.7 Å². The summed E-state index contributed by atoms with van der Waals surface area (Å²) >= 11 is 0. The first-order chi connectivity index (χ1) is 7.40. The predicted octanol–water partition coefficient (Wildman–Crippen LogP) is 3.36. The summed E-state index contributed by atoms with van der Waals surface area (Å²) in [6, 6.07) is 8.20. The van der Waals surface area contributed by atoms with E-state index in [1.807, 2.05) is 13.0 Å². The molecule has 1 radical (unpaired) electrons. The molecule has 1 aromatic rings. The summed E-state index contributed by atoms with van der Waals surface area (Å²) in [5.74, 6) is 0.466. The molecule has 1 rings (SSSR count). The van der Waals surface area contributed by atoms with Crippen LogP contribution in [-0.2, 0) is 11.2 Å². The number of ether oxygens (including phenoxy) is 2. The highest BCUT2D eigenvalue weighted by Gasteiger charge is 2.17. The molecule has 0 aromatic heterocycles. The Morgan fingerprint density at radius 3 is 2.62 bits per heavy atom. The monoisotopic (exact) mass is 221 g/mol. The summed E-state index contributed by atoms with van der Waals surface area (Å²) in [5.41, 5.74) is 0.532. The fraction of sp³-hybridized carbons (Fsp3) is 0.462. The fourth-order valence-electron chi connectivity index (χ4n) is 1.13. The van der Waals surface area contributed by atoms with E-state index in [2.05, 4.69) is 6.07 Å². The van der Waals surface area contributed by atoms with Crippen molar-refractivity contribution in [2.24, 2.45) is 0 Å². The summed E-state index contributed by atoms with van der Waals surface area (Å²) in [6.07, 6.45) is 0.191. The lowest BCUT2D eigenvalue weighted by atomic mass is 10.2. The molecule has 0 atom stereocenters. The molecule has 3 nitrogen and oxygen atoms in total. The van der Waals surface area contributed by atoms with E-state index >= 15 is 0 Å². The van der Waals surface area contributed by atoms with E-state index in [-0.39, 0.29) is 0 Å². The highest BCUT2D eigenvalue weighted by atomic mass is 16.7. The van der Waals surface area contributed by atoms with E-state index in [0.29, 0.717) is 5.75 Å². The Bertz CT molecular complexity index is 364. The number of hydrogen-bond acceptors (Lipinski definition) is 3. The summed E-state index contributed by atoms with van der Waals surface area (Å²) in [7, 11) is 0. The van der Waals surface area contributed by atoms with Crippen LogP contribution in [0.4, 0.5) is 4.79 Å². The van der Waals surface area contributed by atoms with Gasteiger partial charge < -0.3 is 9.47 Å². The smallest absolute Gasteiger partial charge is 0.428 e. The first-order valence-electron chi connectivity index (χ1n) is 5.31. The second-order valence-corrected chi connectivity index (χ2v) is 4.50. The largest absolute Gasteiger partial charge is 0.514 e. The predicted molar refractivity (Wildman–Crippen MR) is 61.5 cm³/mol. The van der Waals surface area contributed by atoms with Crippen molar-refractivity contribution in [3.05, 3.63) is 29.8 Å². The van der Waals surface area contributed by atoms with Crippen LogP contribution in [-0.4, -0.2) is 11.8 Å². The van der Waals surface area contributed by atoms with Gasteiger partial charge in [0.1, 0.15) is 11.4 Å². The summed E-state index contributed by atoms with van der Waals surface area (Å²) in [6.45, 7) is 7.41. The Labute approximate surface area is 96.4 Å². The zero-order chi connectivity index (χ0) is 12.2. The van der Waals surface area contributed by atoms with Crippen LogP contribution in [0.1, 0.15) is 33.3 Å². The number of carbonyl (C=O) groups is 1. The van der Waals surface area contributed by atoms with Gasteiger partial charge in [0.15, 0.2) is 0 Å². The maximum atomic E-state index is 11.4. The molecule has 0 saturated heterocycles. The van der Waals surface area contributed by atoms with Crippen LogP contribution in [0.25, 0.3) is 0 Å². The van der Waals surface area contributed by atoms with E-state index in [4.69, 9.17) is 9.47 Å². The van der Waals surface area contributed by atoms with Crippen molar-refractivity contribution in [2.75, 3.05) is 0 Å². The Hall–Kier alpha value is -1.51. The standard InChI is InChI=1S/C13H17O3/c1-5-10-7-6-8-11(9-10)15-12(14)16-13(2,3)4/h7-9H,5H2,1-4H3. The highest BCUT2D eigenvalue weighted by Crippen LogP contribution is 2.15. The molecule has 0 N–H and O–H groups in total. The maximum absolute atomic E-state index is 11.4. The van der Waals surface area contributed by atoms with E-state index in [1.54, 1.807) is 32.9 Å². The molecule has 0 spiro atoms. The zero-order valence-corrected chi connectivity index (χ0v) is 10.2. The highest BCUT2D eigenvalue weighted by molar-refractivity contribution is 5.64. The first kappa shape index (κ1) is 12.6. The Kier molecular flexibility index (Phi) is 3.93. The molecule has 3 heteroatoms. The lowest BCUT2D eigenvalue weighted by molar-refractivity contribution is 0.0206. The Morgan fingerprint density at radius 1 is 1.38 bits per heavy atom. The van der Waals surface area contributed by atoms with Crippen molar-refractivity contribution >= 4 is 6.16 Å². The van der Waals surface area contributed by atoms with Gasteiger partial charge in [-0.25, -0.2) is 4.79 Å². The average molecular weight is 221 g/mol. The molecular formula is C13H17O3. The molecule has 0 bridgehead atoms. The van der Waals surface area contributed by atoms with Gasteiger partial charge in [0.2, 0.25) is 0 Å². The Balaban J connectivity index is 2.62. The normalized spacial score (nSPS) is 11.0. The van der Waals surface area contributed by atoms with Gasteiger partial charge in [-0.3, -0.25) is 0 Å². The van der Waals surface area contributed by atoms with E-state index in [0.717, 1.165) is 12.0 Å². The third-order valence-electron chi connectivity index (χ3n) is 1.82. The number of aryl methyl sites for hydroxylation is 1. The molecular weight excluding hydrogens is 204 g/mol. The molecule has 0 heterocycles.